The first-order valence-corrected chi connectivity index (χ1v) is 7.13. The number of carbonyl (C=O) groups is 1. The number of fused-ring (bicyclic) bond motifs is 1. The fourth-order valence-electron chi connectivity index (χ4n) is 2.74. The molecule has 122 valence electrons. The van der Waals surface area contributed by atoms with Crippen LogP contribution in [0.1, 0.15) is 29.8 Å². The minimum absolute atomic E-state index is 0.113. The molecule has 0 fully saturated rings. The third-order valence-corrected chi connectivity index (χ3v) is 3.76. The minimum atomic E-state index is -1.63. The van der Waals surface area contributed by atoms with Crippen LogP contribution < -0.4 is 9.47 Å². The van der Waals surface area contributed by atoms with Crippen molar-refractivity contribution in [3.63, 3.8) is 0 Å². The van der Waals surface area contributed by atoms with Crippen LogP contribution in [0.4, 0.5) is 0 Å². The van der Waals surface area contributed by atoms with Crippen molar-refractivity contribution in [2.24, 2.45) is 0 Å². The highest BCUT2D eigenvalue weighted by Gasteiger charge is 2.39. The summed E-state index contributed by atoms with van der Waals surface area (Å²) in [5.74, 6) is -1.07. The Balaban J connectivity index is 2.23. The van der Waals surface area contributed by atoms with Gasteiger partial charge in [0.05, 0.1) is 20.3 Å². The summed E-state index contributed by atoms with van der Waals surface area (Å²) < 4.78 is 21.6. The summed E-state index contributed by atoms with van der Waals surface area (Å²) in [6.07, 6.45) is 0. The van der Waals surface area contributed by atoms with E-state index in [0.717, 1.165) is 0 Å². The number of ether oxygens (including phenoxy) is 4. The van der Waals surface area contributed by atoms with Gasteiger partial charge in [-0.05, 0) is 23.2 Å². The maximum Gasteiger partial charge on any atom is 0.486 e. The van der Waals surface area contributed by atoms with E-state index in [2.05, 4.69) is 0 Å². The van der Waals surface area contributed by atoms with E-state index in [4.69, 9.17) is 18.9 Å². The van der Waals surface area contributed by atoms with Gasteiger partial charge in [0.25, 0.3) is 0 Å². The lowest BCUT2D eigenvalue weighted by Gasteiger charge is -2.33. The second kappa shape index (κ2) is 5.56. The molecule has 0 saturated heterocycles. The third kappa shape index (κ3) is 2.69. The number of methoxy groups -OCH3 is 1. The molecule has 2 N–H and O–H groups in total. The summed E-state index contributed by atoms with van der Waals surface area (Å²) in [4.78, 5) is 12.3. The number of esters is 1. The van der Waals surface area contributed by atoms with Gasteiger partial charge in [0.15, 0.2) is 0 Å². The molecular weight excluding hydrogens is 303 g/mol. The quantitative estimate of drug-likeness (QED) is 0.628. The molecule has 0 atom stereocenters. The molecule has 2 aliphatic rings. The molecule has 1 aromatic carbocycles. The lowest BCUT2D eigenvalue weighted by Crippen LogP contribution is -2.39. The molecule has 0 amide bonds. The first-order chi connectivity index (χ1) is 10.8. The molecule has 1 aromatic rings. The molecule has 2 heterocycles. The number of benzene rings is 1. The van der Waals surface area contributed by atoms with Crippen LogP contribution in [0.25, 0.3) is 5.57 Å². The highest BCUT2D eigenvalue weighted by molar-refractivity contribution is 6.53. The molecule has 0 aromatic heterocycles. The van der Waals surface area contributed by atoms with E-state index in [0.29, 0.717) is 28.1 Å². The maximum absolute atomic E-state index is 12.3. The predicted molar refractivity (Wildman–Crippen MR) is 81.0 cm³/mol. The molecule has 7 nitrogen and oxygen atoms in total. The number of hydrogen-bond acceptors (Lipinski definition) is 7. The summed E-state index contributed by atoms with van der Waals surface area (Å²) in [6, 6.07) is 3.32. The maximum atomic E-state index is 12.3. The van der Waals surface area contributed by atoms with Crippen molar-refractivity contribution in [3.8, 4) is 11.5 Å². The predicted octanol–water partition coefficient (Wildman–Crippen LogP) is 0.776. The Bertz CT molecular complexity index is 693. The molecule has 0 unspecified atom stereocenters. The van der Waals surface area contributed by atoms with E-state index in [-0.39, 0.29) is 18.8 Å². The van der Waals surface area contributed by atoms with Gasteiger partial charge in [-0.1, -0.05) is 0 Å². The SMILES string of the molecule is COc1ccc(C2=C(B(O)O)COC2)c2c1C(=O)OC(C)(C)O2. The topological polar surface area (TPSA) is 94.5 Å². The second-order valence-electron chi connectivity index (χ2n) is 5.78. The van der Waals surface area contributed by atoms with Crippen LogP contribution in [-0.4, -0.2) is 49.2 Å². The average molecular weight is 320 g/mol. The van der Waals surface area contributed by atoms with Gasteiger partial charge in [0.1, 0.15) is 17.1 Å². The van der Waals surface area contributed by atoms with E-state index in [9.17, 15) is 14.8 Å². The molecule has 0 spiro atoms. The van der Waals surface area contributed by atoms with E-state index in [1.807, 2.05) is 0 Å². The van der Waals surface area contributed by atoms with Crippen LogP contribution in [-0.2, 0) is 9.47 Å². The molecule has 2 aliphatic heterocycles. The van der Waals surface area contributed by atoms with Gasteiger partial charge < -0.3 is 29.0 Å². The van der Waals surface area contributed by atoms with E-state index >= 15 is 0 Å². The van der Waals surface area contributed by atoms with Crippen molar-refractivity contribution < 1.29 is 33.8 Å². The van der Waals surface area contributed by atoms with Crippen molar-refractivity contribution >= 4 is 18.7 Å². The Labute approximate surface area is 133 Å². The number of cyclic esters (lactones) is 1. The number of rotatable bonds is 3. The molecule has 0 bridgehead atoms. The van der Waals surface area contributed by atoms with Gasteiger partial charge in [0.2, 0.25) is 5.79 Å². The van der Waals surface area contributed by atoms with Crippen molar-refractivity contribution in [2.45, 2.75) is 19.6 Å². The Morgan fingerprint density at radius 2 is 1.96 bits per heavy atom. The third-order valence-electron chi connectivity index (χ3n) is 3.76. The van der Waals surface area contributed by atoms with Crippen molar-refractivity contribution in [3.05, 3.63) is 28.7 Å². The van der Waals surface area contributed by atoms with Crippen LogP contribution >= 0.6 is 0 Å². The first kappa shape index (κ1) is 15.9. The zero-order chi connectivity index (χ0) is 16.8. The zero-order valence-electron chi connectivity index (χ0n) is 13.1. The van der Waals surface area contributed by atoms with Crippen LogP contribution in [0, 0.1) is 0 Å². The summed E-state index contributed by atoms with van der Waals surface area (Å²) >= 11 is 0. The zero-order valence-corrected chi connectivity index (χ0v) is 13.1. The fraction of sp³-hybridized carbons (Fsp3) is 0.400. The lowest BCUT2D eigenvalue weighted by molar-refractivity contribution is -0.127. The largest absolute Gasteiger partial charge is 0.496 e. The summed E-state index contributed by atoms with van der Waals surface area (Å²) in [5.41, 5.74) is 1.67. The van der Waals surface area contributed by atoms with Gasteiger partial charge in [-0.2, -0.15) is 0 Å². The Morgan fingerprint density at radius 3 is 2.61 bits per heavy atom. The van der Waals surface area contributed by atoms with Crippen LogP contribution in [0.15, 0.2) is 17.6 Å². The van der Waals surface area contributed by atoms with Gasteiger partial charge in [-0.25, -0.2) is 4.79 Å². The first-order valence-electron chi connectivity index (χ1n) is 7.13. The molecular formula is C15H17BO7. The van der Waals surface area contributed by atoms with E-state index < -0.39 is 18.9 Å². The van der Waals surface area contributed by atoms with E-state index in [1.54, 1.807) is 26.0 Å². The van der Waals surface area contributed by atoms with Crippen molar-refractivity contribution in [1.29, 1.82) is 0 Å². The summed E-state index contributed by atoms with van der Waals surface area (Å²) in [7, 11) is -0.183. The molecule has 0 saturated carbocycles. The standard InChI is InChI=1S/C15H17BO7/c1-15(2)22-13-8(9-6-21-7-10(9)16(18)19)4-5-11(20-3)12(13)14(17)23-15/h4-5,18-19H,6-7H2,1-3H3. The highest BCUT2D eigenvalue weighted by Crippen LogP contribution is 2.43. The van der Waals surface area contributed by atoms with Crippen LogP contribution in [0.2, 0.25) is 0 Å². The lowest BCUT2D eigenvalue weighted by atomic mass is 9.76. The summed E-state index contributed by atoms with van der Waals surface area (Å²) in [6.45, 7) is 3.56. The molecule has 23 heavy (non-hydrogen) atoms. The van der Waals surface area contributed by atoms with Crippen molar-refractivity contribution in [1.82, 2.24) is 0 Å². The molecule has 0 aliphatic carbocycles. The normalized spacial score (nSPS) is 19.1. The van der Waals surface area contributed by atoms with Gasteiger partial charge >= 0.3 is 13.1 Å². The minimum Gasteiger partial charge on any atom is -0.496 e. The van der Waals surface area contributed by atoms with Gasteiger partial charge in [0, 0.05) is 19.4 Å². The second-order valence-corrected chi connectivity index (χ2v) is 5.78. The number of carbonyl (C=O) groups excluding carboxylic acids is 1. The van der Waals surface area contributed by atoms with Crippen LogP contribution in [0.5, 0.6) is 11.5 Å². The Morgan fingerprint density at radius 1 is 1.22 bits per heavy atom. The highest BCUT2D eigenvalue weighted by atomic mass is 16.7. The van der Waals surface area contributed by atoms with Crippen LogP contribution in [0.3, 0.4) is 0 Å². The van der Waals surface area contributed by atoms with Gasteiger partial charge in [-0.15, -0.1) is 0 Å². The fourth-order valence-corrected chi connectivity index (χ4v) is 2.74. The smallest absolute Gasteiger partial charge is 0.486 e. The van der Waals surface area contributed by atoms with E-state index in [1.165, 1.54) is 7.11 Å². The number of hydrogen-bond donors (Lipinski definition) is 2. The van der Waals surface area contributed by atoms with Gasteiger partial charge in [-0.3, -0.25) is 0 Å². The molecule has 3 rings (SSSR count). The van der Waals surface area contributed by atoms with Crippen molar-refractivity contribution in [2.75, 3.05) is 20.3 Å². The monoisotopic (exact) mass is 320 g/mol. The molecule has 0 radical (unpaired) electrons. The Hall–Kier alpha value is -2.03. The Kier molecular flexibility index (Phi) is 3.83. The summed E-state index contributed by atoms with van der Waals surface area (Å²) in [5, 5.41) is 19.0. The average Bonchev–Trinajstić information content (AvgIpc) is 2.94. The molecule has 8 heteroatoms.